The molecule has 21 heavy (non-hydrogen) atoms. The molecule has 1 aromatic carbocycles. The zero-order valence-electron chi connectivity index (χ0n) is 11.5. The van der Waals surface area contributed by atoms with E-state index in [9.17, 15) is 18.7 Å². The number of aromatic amines is 1. The minimum absolute atomic E-state index is 0.108. The van der Waals surface area contributed by atoms with Gasteiger partial charge in [-0.15, -0.1) is 0 Å². The fraction of sp³-hybridized carbons (Fsp3) is 0.400. The SMILES string of the molecule is CC1(CNCc2c(C(=O)O)[nH]c3ccccc23)CC1(F)F. The molecule has 0 saturated heterocycles. The van der Waals surface area contributed by atoms with Crippen LogP contribution < -0.4 is 5.32 Å². The van der Waals surface area contributed by atoms with Crippen LogP contribution in [0, 0.1) is 5.41 Å². The second-order valence-electron chi connectivity index (χ2n) is 5.87. The van der Waals surface area contributed by atoms with Crippen molar-refractivity contribution in [3.05, 3.63) is 35.5 Å². The van der Waals surface area contributed by atoms with Crippen LogP contribution in [0.15, 0.2) is 24.3 Å². The van der Waals surface area contributed by atoms with Gasteiger partial charge in [0, 0.05) is 41.4 Å². The van der Waals surface area contributed by atoms with Crippen LogP contribution in [0.1, 0.15) is 29.4 Å². The van der Waals surface area contributed by atoms with E-state index < -0.39 is 17.3 Å². The molecule has 1 unspecified atom stereocenters. The van der Waals surface area contributed by atoms with Crippen LogP contribution in [-0.2, 0) is 6.54 Å². The molecule has 3 rings (SSSR count). The van der Waals surface area contributed by atoms with E-state index in [-0.39, 0.29) is 25.2 Å². The molecule has 1 fully saturated rings. The lowest BCUT2D eigenvalue weighted by atomic mass is 10.1. The second-order valence-corrected chi connectivity index (χ2v) is 5.87. The molecule has 0 aliphatic heterocycles. The number of carboxylic acid groups (broad SMARTS) is 1. The number of hydrogen-bond acceptors (Lipinski definition) is 2. The molecule has 3 N–H and O–H groups in total. The maximum atomic E-state index is 13.2. The molecule has 0 radical (unpaired) electrons. The highest BCUT2D eigenvalue weighted by Gasteiger charge is 2.67. The number of halogens is 2. The summed E-state index contributed by atoms with van der Waals surface area (Å²) in [6.45, 7) is 1.95. The molecule has 112 valence electrons. The third kappa shape index (κ3) is 2.29. The van der Waals surface area contributed by atoms with Crippen molar-refractivity contribution in [3.8, 4) is 0 Å². The molecule has 1 atom stereocenters. The number of rotatable bonds is 5. The summed E-state index contributed by atoms with van der Waals surface area (Å²) in [5, 5.41) is 13.0. The van der Waals surface area contributed by atoms with Crippen LogP contribution in [0.2, 0.25) is 0 Å². The lowest BCUT2D eigenvalue weighted by Gasteiger charge is -2.11. The first-order valence-corrected chi connectivity index (χ1v) is 6.75. The van der Waals surface area contributed by atoms with Gasteiger partial charge >= 0.3 is 5.97 Å². The molecule has 1 saturated carbocycles. The summed E-state index contributed by atoms with van der Waals surface area (Å²) in [5.74, 6) is -3.67. The van der Waals surface area contributed by atoms with Crippen molar-refractivity contribution < 1.29 is 18.7 Å². The first kappa shape index (κ1) is 14.0. The normalized spacial score (nSPS) is 23.4. The van der Waals surface area contributed by atoms with Gasteiger partial charge in [-0.05, 0) is 6.07 Å². The third-order valence-electron chi connectivity index (χ3n) is 4.21. The van der Waals surface area contributed by atoms with Crippen LogP contribution >= 0.6 is 0 Å². The molecule has 6 heteroatoms. The number of nitrogens with one attached hydrogen (secondary N) is 2. The van der Waals surface area contributed by atoms with Crippen molar-refractivity contribution >= 4 is 16.9 Å². The van der Waals surface area contributed by atoms with Crippen molar-refractivity contribution in [2.45, 2.75) is 25.8 Å². The quantitative estimate of drug-likeness (QED) is 0.794. The van der Waals surface area contributed by atoms with E-state index in [1.165, 1.54) is 6.92 Å². The van der Waals surface area contributed by atoms with E-state index in [4.69, 9.17) is 0 Å². The van der Waals surface area contributed by atoms with Gasteiger partial charge in [-0.1, -0.05) is 25.1 Å². The number of benzene rings is 1. The lowest BCUT2D eigenvalue weighted by Crippen LogP contribution is -2.26. The fourth-order valence-corrected chi connectivity index (χ4v) is 2.67. The number of carboxylic acids is 1. The van der Waals surface area contributed by atoms with Crippen LogP contribution in [-0.4, -0.2) is 28.5 Å². The van der Waals surface area contributed by atoms with E-state index in [0.717, 1.165) is 10.9 Å². The average molecular weight is 294 g/mol. The van der Waals surface area contributed by atoms with E-state index >= 15 is 0 Å². The molecule has 1 aliphatic rings. The number of fused-ring (bicyclic) bond motifs is 1. The van der Waals surface area contributed by atoms with Gasteiger partial charge in [0.05, 0.1) is 0 Å². The van der Waals surface area contributed by atoms with E-state index in [1.54, 1.807) is 6.07 Å². The second kappa shape index (κ2) is 4.53. The highest BCUT2D eigenvalue weighted by Crippen LogP contribution is 2.59. The standard InChI is InChI=1S/C15H16F2N2O2/c1-14(7-15(14,16)17)8-18-6-10-9-4-2-3-5-11(9)19-12(10)13(20)21/h2-5,18-19H,6-8H2,1H3,(H,20,21). The molecule has 2 aromatic rings. The van der Waals surface area contributed by atoms with Gasteiger partial charge in [-0.25, -0.2) is 13.6 Å². The van der Waals surface area contributed by atoms with Gasteiger partial charge in [0.15, 0.2) is 0 Å². The molecule has 0 amide bonds. The van der Waals surface area contributed by atoms with Crippen molar-refractivity contribution in [3.63, 3.8) is 0 Å². The average Bonchev–Trinajstić information content (AvgIpc) is 2.78. The number of aromatic nitrogens is 1. The Labute approximate surface area is 120 Å². The molecule has 1 aliphatic carbocycles. The number of alkyl halides is 2. The summed E-state index contributed by atoms with van der Waals surface area (Å²) >= 11 is 0. The number of hydrogen-bond donors (Lipinski definition) is 3. The Kier molecular flexibility index (Phi) is 3.02. The molecule has 0 spiro atoms. The van der Waals surface area contributed by atoms with Crippen molar-refractivity contribution in [1.82, 2.24) is 10.3 Å². The van der Waals surface area contributed by atoms with E-state index in [0.29, 0.717) is 5.56 Å². The Morgan fingerprint density at radius 2 is 2.10 bits per heavy atom. The van der Waals surface area contributed by atoms with E-state index in [2.05, 4.69) is 10.3 Å². The molecule has 1 heterocycles. The molecular weight excluding hydrogens is 278 g/mol. The highest BCUT2D eigenvalue weighted by atomic mass is 19.3. The van der Waals surface area contributed by atoms with Gasteiger partial charge < -0.3 is 15.4 Å². The summed E-state index contributed by atoms with van der Waals surface area (Å²) in [7, 11) is 0. The van der Waals surface area contributed by atoms with Gasteiger partial charge in [0.2, 0.25) is 0 Å². The van der Waals surface area contributed by atoms with Crippen LogP contribution in [0.25, 0.3) is 10.9 Å². The Morgan fingerprint density at radius 3 is 2.71 bits per heavy atom. The number of para-hydroxylation sites is 1. The van der Waals surface area contributed by atoms with E-state index in [1.807, 2.05) is 18.2 Å². The molecule has 4 nitrogen and oxygen atoms in total. The summed E-state index contributed by atoms with van der Waals surface area (Å²) in [6, 6.07) is 7.25. The van der Waals surface area contributed by atoms with Crippen LogP contribution in [0.3, 0.4) is 0 Å². The molecule has 1 aromatic heterocycles. The lowest BCUT2D eigenvalue weighted by molar-refractivity contribution is 0.0679. The van der Waals surface area contributed by atoms with Crippen LogP contribution in [0.5, 0.6) is 0 Å². The zero-order valence-corrected chi connectivity index (χ0v) is 11.5. The number of H-pyrrole nitrogens is 1. The van der Waals surface area contributed by atoms with Crippen molar-refractivity contribution in [2.75, 3.05) is 6.54 Å². The van der Waals surface area contributed by atoms with Crippen LogP contribution in [0.4, 0.5) is 8.78 Å². The van der Waals surface area contributed by atoms with Gasteiger partial charge in [0.1, 0.15) is 5.69 Å². The van der Waals surface area contributed by atoms with Gasteiger partial charge in [0.25, 0.3) is 5.92 Å². The predicted molar refractivity (Wildman–Crippen MR) is 74.6 cm³/mol. The molecule has 0 bridgehead atoms. The first-order chi connectivity index (χ1) is 9.84. The Bertz CT molecular complexity index is 711. The summed E-state index contributed by atoms with van der Waals surface area (Å²) in [4.78, 5) is 14.1. The summed E-state index contributed by atoms with van der Waals surface area (Å²) in [5.41, 5.74) is 0.430. The highest BCUT2D eigenvalue weighted by molar-refractivity contribution is 5.97. The third-order valence-corrected chi connectivity index (χ3v) is 4.21. The van der Waals surface area contributed by atoms with Gasteiger partial charge in [-0.3, -0.25) is 0 Å². The van der Waals surface area contributed by atoms with Crippen molar-refractivity contribution in [2.24, 2.45) is 5.41 Å². The summed E-state index contributed by atoms with van der Waals surface area (Å²) in [6.07, 6.45) is -0.118. The zero-order chi connectivity index (χ0) is 15.3. The minimum atomic E-state index is -2.62. The summed E-state index contributed by atoms with van der Waals surface area (Å²) < 4.78 is 26.3. The number of aromatic carboxylic acids is 1. The fourth-order valence-electron chi connectivity index (χ4n) is 2.67. The largest absolute Gasteiger partial charge is 0.477 e. The Morgan fingerprint density at radius 1 is 1.43 bits per heavy atom. The number of carbonyl (C=O) groups is 1. The minimum Gasteiger partial charge on any atom is -0.477 e. The maximum absolute atomic E-state index is 13.2. The topological polar surface area (TPSA) is 65.1 Å². The smallest absolute Gasteiger partial charge is 0.352 e. The first-order valence-electron chi connectivity index (χ1n) is 6.75. The van der Waals surface area contributed by atoms with Crippen molar-refractivity contribution in [1.29, 1.82) is 0 Å². The Balaban J connectivity index is 1.80. The molecular formula is C15H16F2N2O2. The van der Waals surface area contributed by atoms with Gasteiger partial charge in [-0.2, -0.15) is 0 Å². The predicted octanol–water partition coefficient (Wildman–Crippen LogP) is 3.00. The monoisotopic (exact) mass is 294 g/mol. The Hall–Kier alpha value is -1.95. The maximum Gasteiger partial charge on any atom is 0.352 e.